The van der Waals surface area contributed by atoms with Crippen LogP contribution in [-0.4, -0.2) is 18.5 Å². The summed E-state index contributed by atoms with van der Waals surface area (Å²) in [6.45, 7) is 8.19. The van der Waals surface area contributed by atoms with Gasteiger partial charge < -0.3 is 20.0 Å². The van der Waals surface area contributed by atoms with E-state index in [4.69, 9.17) is 4.74 Å². The van der Waals surface area contributed by atoms with Crippen molar-refractivity contribution in [1.82, 2.24) is 5.32 Å². The van der Waals surface area contributed by atoms with Gasteiger partial charge in [-0.15, -0.1) is 0 Å². The SMILES string of the molecule is CCc1ccc(OCC(=O)N[C@@H](CC(=O)[O-])c2ccc(C(C)(C)C)cc2)cc1. The van der Waals surface area contributed by atoms with E-state index in [2.05, 4.69) is 33.0 Å². The molecule has 0 radical (unpaired) electrons. The summed E-state index contributed by atoms with van der Waals surface area (Å²) in [5.74, 6) is -1.01. The number of carbonyl (C=O) groups is 2. The van der Waals surface area contributed by atoms with Crippen molar-refractivity contribution >= 4 is 11.9 Å². The van der Waals surface area contributed by atoms with Crippen molar-refractivity contribution in [3.8, 4) is 5.75 Å². The van der Waals surface area contributed by atoms with Crippen LogP contribution in [0, 0.1) is 0 Å². The average molecular weight is 382 g/mol. The normalized spacial score (nSPS) is 12.3. The molecule has 0 unspecified atom stereocenters. The first-order valence-electron chi connectivity index (χ1n) is 9.50. The van der Waals surface area contributed by atoms with Crippen LogP contribution in [0.25, 0.3) is 0 Å². The lowest BCUT2D eigenvalue weighted by molar-refractivity contribution is -0.306. The highest BCUT2D eigenvalue weighted by molar-refractivity contribution is 5.79. The highest BCUT2D eigenvalue weighted by atomic mass is 16.5. The van der Waals surface area contributed by atoms with Gasteiger partial charge in [-0.1, -0.05) is 64.1 Å². The van der Waals surface area contributed by atoms with E-state index in [0.717, 1.165) is 17.5 Å². The van der Waals surface area contributed by atoms with Gasteiger partial charge in [0.2, 0.25) is 0 Å². The Labute approximate surface area is 166 Å². The largest absolute Gasteiger partial charge is 0.550 e. The quantitative estimate of drug-likeness (QED) is 0.761. The molecular weight excluding hydrogens is 354 g/mol. The monoisotopic (exact) mass is 382 g/mol. The molecule has 150 valence electrons. The van der Waals surface area contributed by atoms with Crippen LogP contribution < -0.4 is 15.2 Å². The summed E-state index contributed by atoms with van der Waals surface area (Å²) in [7, 11) is 0. The first-order valence-corrected chi connectivity index (χ1v) is 9.50. The number of rotatable bonds is 8. The predicted molar refractivity (Wildman–Crippen MR) is 107 cm³/mol. The van der Waals surface area contributed by atoms with E-state index < -0.39 is 12.0 Å². The van der Waals surface area contributed by atoms with Gasteiger partial charge in [-0.3, -0.25) is 4.79 Å². The number of carboxylic acid groups (broad SMARTS) is 1. The second-order valence-electron chi connectivity index (χ2n) is 7.85. The van der Waals surface area contributed by atoms with Gasteiger partial charge in [-0.2, -0.15) is 0 Å². The molecular formula is C23H28NO4-. The maximum absolute atomic E-state index is 12.3. The molecule has 1 N–H and O–H groups in total. The Hall–Kier alpha value is -2.82. The summed E-state index contributed by atoms with van der Waals surface area (Å²) in [6.07, 6.45) is 0.630. The molecule has 2 aromatic carbocycles. The molecule has 28 heavy (non-hydrogen) atoms. The number of carbonyl (C=O) groups excluding carboxylic acids is 2. The van der Waals surface area contributed by atoms with Crippen LogP contribution in [0.1, 0.15) is 56.8 Å². The molecule has 2 rings (SSSR count). The number of amides is 1. The zero-order chi connectivity index (χ0) is 20.7. The molecule has 0 saturated heterocycles. The topological polar surface area (TPSA) is 78.5 Å². The van der Waals surface area contributed by atoms with Crippen molar-refractivity contribution < 1.29 is 19.4 Å². The summed E-state index contributed by atoms with van der Waals surface area (Å²) in [5, 5.41) is 13.9. The highest BCUT2D eigenvalue weighted by Gasteiger charge is 2.18. The van der Waals surface area contributed by atoms with Crippen molar-refractivity contribution in [2.24, 2.45) is 0 Å². The van der Waals surface area contributed by atoms with Crippen LogP contribution in [0.3, 0.4) is 0 Å². The molecule has 0 heterocycles. The van der Waals surface area contributed by atoms with Gasteiger partial charge in [0.1, 0.15) is 5.75 Å². The van der Waals surface area contributed by atoms with E-state index in [1.54, 1.807) is 0 Å². The third-order valence-corrected chi connectivity index (χ3v) is 4.59. The maximum Gasteiger partial charge on any atom is 0.258 e. The molecule has 0 bridgehead atoms. The van der Waals surface area contributed by atoms with Crippen molar-refractivity contribution in [3.05, 3.63) is 65.2 Å². The number of benzene rings is 2. The zero-order valence-corrected chi connectivity index (χ0v) is 17.0. The minimum absolute atomic E-state index is 0.00715. The minimum atomic E-state index is -1.22. The predicted octanol–water partition coefficient (Wildman–Crippen LogP) is 2.92. The molecule has 0 aliphatic heterocycles. The number of hydrogen-bond acceptors (Lipinski definition) is 4. The van der Waals surface area contributed by atoms with Crippen molar-refractivity contribution in [2.75, 3.05) is 6.61 Å². The summed E-state index contributed by atoms with van der Waals surface area (Å²) >= 11 is 0. The zero-order valence-electron chi connectivity index (χ0n) is 17.0. The standard InChI is InChI=1S/C23H29NO4/c1-5-16-6-12-19(13-7-16)28-15-21(25)24-20(14-22(26)27)17-8-10-18(11-9-17)23(2,3)4/h6-13,20H,5,14-15H2,1-4H3,(H,24,25)(H,26,27)/p-1/t20-/m0/s1. The van der Waals surface area contributed by atoms with E-state index in [1.807, 2.05) is 48.5 Å². The number of hydrogen-bond donors (Lipinski definition) is 1. The Morgan fingerprint density at radius 2 is 1.64 bits per heavy atom. The van der Waals surface area contributed by atoms with Gasteiger partial charge >= 0.3 is 0 Å². The Kier molecular flexibility index (Phi) is 7.21. The smallest absolute Gasteiger partial charge is 0.258 e. The second kappa shape index (κ2) is 9.40. The number of aliphatic carboxylic acids is 1. The lowest BCUT2D eigenvalue weighted by Gasteiger charge is -2.23. The molecule has 0 aromatic heterocycles. The van der Waals surface area contributed by atoms with Gasteiger partial charge in [0.15, 0.2) is 6.61 Å². The Balaban J connectivity index is 2.02. The molecule has 0 spiro atoms. The molecule has 5 nitrogen and oxygen atoms in total. The molecule has 0 fully saturated rings. The molecule has 1 atom stereocenters. The molecule has 0 aliphatic rings. The lowest BCUT2D eigenvalue weighted by Crippen LogP contribution is -2.36. The molecule has 5 heteroatoms. The van der Waals surface area contributed by atoms with Gasteiger partial charge in [-0.25, -0.2) is 0 Å². The lowest BCUT2D eigenvalue weighted by atomic mass is 9.86. The first-order chi connectivity index (χ1) is 13.2. The van der Waals surface area contributed by atoms with Crippen molar-refractivity contribution in [3.63, 3.8) is 0 Å². The third kappa shape index (κ3) is 6.41. The summed E-state index contributed by atoms with van der Waals surface area (Å²) in [6, 6.07) is 14.5. The Morgan fingerprint density at radius 3 is 2.14 bits per heavy atom. The van der Waals surface area contributed by atoms with E-state index in [0.29, 0.717) is 5.75 Å². The fraction of sp³-hybridized carbons (Fsp3) is 0.391. The molecule has 2 aromatic rings. The second-order valence-corrected chi connectivity index (χ2v) is 7.85. The van der Waals surface area contributed by atoms with Crippen molar-refractivity contribution in [2.45, 2.75) is 52.0 Å². The molecule has 0 aliphatic carbocycles. The van der Waals surface area contributed by atoms with E-state index in [9.17, 15) is 14.7 Å². The first kappa shape index (κ1) is 21.5. The summed E-state index contributed by atoms with van der Waals surface area (Å²) < 4.78 is 5.50. The van der Waals surface area contributed by atoms with E-state index in [-0.39, 0.29) is 24.3 Å². The van der Waals surface area contributed by atoms with E-state index >= 15 is 0 Å². The summed E-state index contributed by atoms with van der Waals surface area (Å²) in [4.78, 5) is 23.4. The number of aryl methyl sites for hydroxylation is 1. The van der Waals surface area contributed by atoms with Gasteiger partial charge in [-0.05, 0) is 40.7 Å². The average Bonchev–Trinajstić information content (AvgIpc) is 2.65. The Bertz CT molecular complexity index is 789. The van der Waals surface area contributed by atoms with Crippen LogP contribution in [0.4, 0.5) is 0 Å². The van der Waals surface area contributed by atoms with Crippen LogP contribution in [0.15, 0.2) is 48.5 Å². The minimum Gasteiger partial charge on any atom is -0.550 e. The van der Waals surface area contributed by atoms with Crippen LogP contribution >= 0.6 is 0 Å². The number of nitrogens with one attached hydrogen (secondary N) is 1. The Morgan fingerprint density at radius 1 is 1.04 bits per heavy atom. The van der Waals surface area contributed by atoms with Crippen LogP contribution in [0.5, 0.6) is 5.75 Å². The third-order valence-electron chi connectivity index (χ3n) is 4.59. The molecule has 1 amide bonds. The fourth-order valence-corrected chi connectivity index (χ4v) is 2.84. The highest BCUT2D eigenvalue weighted by Crippen LogP contribution is 2.25. The number of carboxylic acids is 1. The van der Waals surface area contributed by atoms with E-state index in [1.165, 1.54) is 5.56 Å². The van der Waals surface area contributed by atoms with Gasteiger partial charge in [0.05, 0.1) is 6.04 Å². The van der Waals surface area contributed by atoms with Crippen molar-refractivity contribution in [1.29, 1.82) is 0 Å². The van der Waals surface area contributed by atoms with Gasteiger partial charge in [0, 0.05) is 12.4 Å². The molecule has 0 saturated carbocycles. The summed E-state index contributed by atoms with van der Waals surface area (Å²) in [5.41, 5.74) is 3.03. The van der Waals surface area contributed by atoms with Crippen LogP contribution in [0.2, 0.25) is 0 Å². The van der Waals surface area contributed by atoms with Crippen LogP contribution in [-0.2, 0) is 21.4 Å². The van der Waals surface area contributed by atoms with Gasteiger partial charge in [0.25, 0.3) is 5.91 Å². The maximum atomic E-state index is 12.3. The fourth-order valence-electron chi connectivity index (χ4n) is 2.84. The number of ether oxygens (including phenoxy) is 1.